The molecule has 0 saturated carbocycles. The number of aliphatic hydroxyl groups excluding tert-OH is 1. The Morgan fingerprint density at radius 3 is 2.29 bits per heavy atom. The lowest BCUT2D eigenvalue weighted by atomic mass is 10.1. The summed E-state index contributed by atoms with van der Waals surface area (Å²) >= 11 is 0. The summed E-state index contributed by atoms with van der Waals surface area (Å²) in [7, 11) is -3.89. The molecule has 4 aromatic rings. The first-order valence-electron chi connectivity index (χ1n) is 12.8. The Kier molecular flexibility index (Phi) is 8.76. The molecule has 0 fully saturated rings. The van der Waals surface area contributed by atoms with Crippen LogP contribution in [0.25, 0.3) is 11.4 Å². The zero-order chi connectivity index (χ0) is 29.8. The van der Waals surface area contributed by atoms with Gasteiger partial charge in [0.1, 0.15) is 11.8 Å². The lowest BCUT2D eigenvalue weighted by Crippen LogP contribution is -2.37. The van der Waals surface area contributed by atoms with Crippen LogP contribution in [0.2, 0.25) is 0 Å². The molecule has 0 spiro atoms. The molecule has 0 radical (unpaired) electrons. The number of esters is 1. The normalized spacial score (nSPS) is 12.7. The minimum Gasteiger partial charge on any atom is -0.459 e. The average molecular weight is 580 g/mol. The van der Waals surface area contributed by atoms with Gasteiger partial charge < -0.3 is 20.1 Å². The molecule has 216 valence electrons. The summed E-state index contributed by atoms with van der Waals surface area (Å²) in [5.41, 5.74) is 8.54. The highest BCUT2D eigenvalue weighted by molar-refractivity contribution is 7.92. The molecule has 0 aliphatic carbocycles. The van der Waals surface area contributed by atoms with E-state index in [0.29, 0.717) is 16.8 Å². The van der Waals surface area contributed by atoms with Crippen LogP contribution in [0, 0.1) is 6.92 Å². The molecule has 0 aliphatic heterocycles. The fourth-order valence-electron chi connectivity index (χ4n) is 3.91. The lowest BCUT2D eigenvalue weighted by molar-refractivity contribution is -0.159. The van der Waals surface area contributed by atoms with Crippen molar-refractivity contribution < 1.29 is 27.6 Å². The number of aromatic nitrogens is 2. The summed E-state index contributed by atoms with van der Waals surface area (Å²) in [5.74, 6) is -0.290. The van der Waals surface area contributed by atoms with Crippen molar-refractivity contribution in [1.29, 1.82) is 0 Å². The van der Waals surface area contributed by atoms with Crippen molar-refractivity contribution in [2.45, 2.75) is 51.0 Å². The zero-order valence-electron chi connectivity index (χ0n) is 23.2. The van der Waals surface area contributed by atoms with Crippen molar-refractivity contribution in [2.24, 2.45) is 0 Å². The third kappa shape index (κ3) is 8.13. The van der Waals surface area contributed by atoms with Crippen LogP contribution in [0.4, 0.5) is 11.7 Å². The number of aryl methyl sites for hydroxylation is 1. The lowest BCUT2D eigenvalue weighted by Gasteiger charge is -2.29. The van der Waals surface area contributed by atoms with E-state index in [1.165, 1.54) is 12.1 Å². The summed E-state index contributed by atoms with van der Waals surface area (Å²) < 4.78 is 38.1. The van der Waals surface area contributed by atoms with E-state index in [1.807, 2.05) is 6.92 Å². The molecule has 0 aliphatic rings. The number of nitrogens with one attached hydrogen (secondary N) is 1. The number of anilines is 2. The van der Waals surface area contributed by atoms with Gasteiger partial charge in [-0.05, 0) is 63.1 Å². The number of nitrogen functional groups attached to an aromatic ring is 1. The predicted octanol–water partition coefficient (Wildman–Crippen LogP) is 4.26. The topological polar surface area (TPSA) is 161 Å². The van der Waals surface area contributed by atoms with Crippen LogP contribution >= 0.6 is 0 Å². The third-order valence-corrected chi connectivity index (χ3v) is 7.25. The Bertz CT molecular complexity index is 1580. The molecule has 1 heterocycles. The number of hydrogen-bond donors (Lipinski definition) is 3. The molecular formula is C29H33N5O6S. The number of rotatable bonds is 10. The maximum absolute atomic E-state index is 12.6. The van der Waals surface area contributed by atoms with Gasteiger partial charge in [0.25, 0.3) is 10.0 Å². The maximum atomic E-state index is 12.6. The Morgan fingerprint density at radius 1 is 1.05 bits per heavy atom. The van der Waals surface area contributed by atoms with Crippen LogP contribution in [0.15, 0.2) is 82.2 Å². The number of benzene rings is 3. The van der Waals surface area contributed by atoms with Gasteiger partial charge in [0.2, 0.25) is 5.82 Å². The van der Waals surface area contributed by atoms with Crippen molar-refractivity contribution in [2.75, 3.05) is 17.0 Å². The van der Waals surface area contributed by atoms with Crippen molar-refractivity contribution in [3.8, 4) is 11.4 Å². The number of hydrogen-bond acceptors (Lipinski definition) is 10. The molecule has 41 heavy (non-hydrogen) atoms. The fraction of sp³-hybridized carbons (Fsp3) is 0.276. The average Bonchev–Trinajstić information content (AvgIpc) is 3.35. The number of nitrogens with zero attached hydrogens (tertiary/aromatic N) is 3. The Labute approximate surface area is 239 Å². The molecule has 1 unspecified atom stereocenters. The molecule has 11 nitrogen and oxygen atoms in total. The van der Waals surface area contributed by atoms with Gasteiger partial charge in [0.15, 0.2) is 0 Å². The maximum Gasteiger partial charge on any atom is 0.335 e. The van der Waals surface area contributed by atoms with Crippen LogP contribution in [0.1, 0.15) is 43.7 Å². The monoisotopic (exact) mass is 579 g/mol. The van der Waals surface area contributed by atoms with Gasteiger partial charge in [0.05, 0.1) is 11.4 Å². The highest BCUT2D eigenvalue weighted by Gasteiger charge is 2.25. The molecule has 4 rings (SSSR count). The van der Waals surface area contributed by atoms with Gasteiger partial charge in [-0.25, -0.2) is 13.1 Å². The molecular weight excluding hydrogens is 546 g/mol. The zero-order valence-corrected chi connectivity index (χ0v) is 24.1. The molecule has 1 atom stereocenters. The standard InChI is InChI=1S/C29H33N5O6S/c1-19-5-15-24(16-6-19)41(37,38)33-28-31-26(32-40-28)21-9-7-20(8-10-21)17-34(18-25(35)39-29(2,3)4)27(36)22-11-13-23(30)14-12-22/h5-16,27,36H,17-18,30H2,1-4H3,(H,31,32,33). The largest absolute Gasteiger partial charge is 0.459 e. The Hall–Kier alpha value is -4.26. The summed E-state index contributed by atoms with van der Waals surface area (Å²) in [5, 5.41) is 15.0. The number of carbonyl (C=O) groups is 1. The van der Waals surface area contributed by atoms with E-state index >= 15 is 0 Å². The van der Waals surface area contributed by atoms with Gasteiger partial charge in [-0.15, -0.1) is 0 Å². The Balaban J connectivity index is 1.48. The second-order valence-corrected chi connectivity index (χ2v) is 12.3. The SMILES string of the molecule is Cc1ccc(S(=O)(=O)Nc2nc(-c3ccc(CN(CC(=O)OC(C)(C)C)C(O)c4ccc(N)cc4)cc3)no2)cc1. The van der Waals surface area contributed by atoms with Gasteiger partial charge in [-0.1, -0.05) is 59.3 Å². The highest BCUT2D eigenvalue weighted by Crippen LogP contribution is 2.25. The number of aliphatic hydroxyl groups is 1. The number of ether oxygens (including phenoxy) is 1. The van der Waals surface area contributed by atoms with Gasteiger partial charge in [0, 0.05) is 17.8 Å². The first-order valence-corrected chi connectivity index (χ1v) is 14.3. The summed E-state index contributed by atoms with van der Waals surface area (Å²) in [6.07, 6.45) is -1.09. The molecule has 0 bridgehead atoms. The minimum atomic E-state index is -3.89. The molecule has 0 amide bonds. The number of sulfonamides is 1. The highest BCUT2D eigenvalue weighted by atomic mass is 32.2. The summed E-state index contributed by atoms with van der Waals surface area (Å²) in [4.78, 5) is 18.4. The van der Waals surface area contributed by atoms with Gasteiger partial charge in [-0.3, -0.25) is 9.69 Å². The van der Waals surface area contributed by atoms with E-state index in [-0.39, 0.29) is 29.8 Å². The quantitative estimate of drug-likeness (QED) is 0.141. The van der Waals surface area contributed by atoms with E-state index in [9.17, 15) is 18.3 Å². The molecule has 3 aromatic carbocycles. The minimum absolute atomic E-state index is 0.0734. The first-order chi connectivity index (χ1) is 19.3. The summed E-state index contributed by atoms with van der Waals surface area (Å²) in [6.45, 7) is 7.27. The van der Waals surface area contributed by atoms with E-state index < -0.39 is 27.8 Å². The van der Waals surface area contributed by atoms with E-state index in [4.69, 9.17) is 15.0 Å². The van der Waals surface area contributed by atoms with Crippen molar-refractivity contribution in [3.05, 3.63) is 89.5 Å². The van der Waals surface area contributed by atoms with E-state index in [2.05, 4.69) is 14.9 Å². The third-order valence-electron chi connectivity index (χ3n) is 5.91. The second kappa shape index (κ2) is 12.1. The van der Waals surface area contributed by atoms with E-state index in [1.54, 1.807) is 86.3 Å². The summed E-state index contributed by atoms with van der Waals surface area (Å²) in [6, 6.07) is 19.9. The number of nitrogens with two attached hydrogens (primary N) is 1. The van der Waals surface area contributed by atoms with Gasteiger partial charge >= 0.3 is 12.0 Å². The van der Waals surface area contributed by atoms with Gasteiger partial charge in [-0.2, -0.15) is 4.98 Å². The number of carbonyl (C=O) groups excluding carboxylic acids is 1. The Morgan fingerprint density at radius 2 is 1.68 bits per heavy atom. The van der Waals surface area contributed by atoms with Crippen LogP contribution in [0.5, 0.6) is 0 Å². The molecule has 0 saturated heterocycles. The van der Waals surface area contributed by atoms with E-state index in [0.717, 1.165) is 11.1 Å². The fourth-order valence-corrected chi connectivity index (χ4v) is 4.84. The van der Waals surface area contributed by atoms with Crippen LogP contribution < -0.4 is 10.5 Å². The predicted molar refractivity (Wildman–Crippen MR) is 154 cm³/mol. The van der Waals surface area contributed by atoms with Crippen molar-refractivity contribution in [1.82, 2.24) is 15.0 Å². The van der Waals surface area contributed by atoms with Crippen LogP contribution in [-0.2, 0) is 26.1 Å². The molecule has 4 N–H and O–H groups in total. The van der Waals surface area contributed by atoms with Crippen LogP contribution in [0.3, 0.4) is 0 Å². The molecule has 1 aromatic heterocycles. The van der Waals surface area contributed by atoms with Crippen molar-refractivity contribution >= 4 is 27.7 Å². The van der Waals surface area contributed by atoms with Crippen molar-refractivity contribution in [3.63, 3.8) is 0 Å². The smallest absolute Gasteiger partial charge is 0.335 e. The van der Waals surface area contributed by atoms with Crippen LogP contribution in [-0.4, -0.2) is 46.7 Å². The first kappa shape index (κ1) is 29.7. The molecule has 12 heteroatoms. The second-order valence-electron chi connectivity index (χ2n) is 10.6.